The number of hydrogen-bond acceptors (Lipinski definition) is 6. The maximum absolute atomic E-state index is 14.4. The highest BCUT2D eigenvalue weighted by Crippen LogP contribution is 2.62. The van der Waals surface area contributed by atoms with Crippen LogP contribution in [0, 0.1) is 22.7 Å². The maximum Gasteiger partial charge on any atom is 0.432 e. The van der Waals surface area contributed by atoms with Crippen molar-refractivity contribution in [1.29, 1.82) is 0 Å². The van der Waals surface area contributed by atoms with Gasteiger partial charge < -0.3 is 18.9 Å². The van der Waals surface area contributed by atoms with Crippen LogP contribution in [0.2, 0.25) is 0 Å². The molecule has 2 aliphatic carbocycles. The van der Waals surface area contributed by atoms with E-state index in [1.165, 1.54) is 43.0 Å². The molecule has 0 spiro atoms. The molecule has 240 valence electrons. The molecule has 0 radical (unpaired) electrons. The van der Waals surface area contributed by atoms with Crippen molar-refractivity contribution in [3.8, 4) is 0 Å². The van der Waals surface area contributed by atoms with Gasteiger partial charge in [-0.2, -0.15) is 13.2 Å². The average molecular weight is 617 g/mol. The topological polar surface area (TPSA) is 71.1 Å². The van der Waals surface area contributed by atoms with Gasteiger partial charge in [0.25, 0.3) is 11.9 Å². The van der Waals surface area contributed by atoms with E-state index in [1.54, 1.807) is 0 Å². The zero-order valence-electron chi connectivity index (χ0n) is 26.2. The zero-order chi connectivity index (χ0) is 31.9. The largest absolute Gasteiger partial charge is 0.432 e. The highest BCUT2D eigenvalue weighted by Gasteiger charge is 2.65. The van der Waals surface area contributed by atoms with Crippen LogP contribution in [0.1, 0.15) is 78.2 Å². The number of hydrogen-bond donors (Lipinski definition) is 0. The summed E-state index contributed by atoms with van der Waals surface area (Å²) in [6.45, 7) is 9.88. The number of esters is 2. The number of allylic oxidation sites excluding steroid dienone is 2. The SMILES string of the molecule is CO[C@@](C(=O)O[C@@H]1OC(=O)C=C1[C@H]1CC=C(CC[C@]2(C)[C@H]3CCC=C(C)[C@]3(C)CC[C@@H]2C)CO1)(c1ccccc1)C(F)(F)F. The van der Waals surface area contributed by atoms with Crippen LogP contribution in [0.4, 0.5) is 13.2 Å². The lowest BCUT2D eigenvalue weighted by molar-refractivity contribution is -0.281. The van der Waals surface area contributed by atoms with E-state index in [0.29, 0.717) is 24.9 Å². The summed E-state index contributed by atoms with van der Waals surface area (Å²) in [5.41, 5.74) is -0.562. The van der Waals surface area contributed by atoms with Crippen LogP contribution < -0.4 is 0 Å². The van der Waals surface area contributed by atoms with Crippen LogP contribution in [-0.2, 0) is 34.1 Å². The number of rotatable bonds is 8. The number of alkyl halides is 3. The summed E-state index contributed by atoms with van der Waals surface area (Å²) >= 11 is 0. The van der Waals surface area contributed by atoms with Crippen molar-refractivity contribution < 1.29 is 41.7 Å². The third-order valence-corrected chi connectivity index (χ3v) is 11.2. The predicted octanol–water partition coefficient (Wildman–Crippen LogP) is 7.74. The maximum atomic E-state index is 14.4. The quantitative estimate of drug-likeness (QED) is 0.220. The van der Waals surface area contributed by atoms with E-state index in [-0.39, 0.29) is 16.4 Å². The van der Waals surface area contributed by atoms with Crippen molar-refractivity contribution in [3.63, 3.8) is 0 Å². The smallest absolute Gasteiger partial charge is 0.418 e. The first-order chi connectivity index (χ1) is 20.8. The van der Waals surface area contributed by atoms with Crippen molar-refractivity contribution in [1.82, 2.24) is 0 Å². The number of carbonyl (C=O) groups excluding carboxylic acids is 2. The van der Waals surface area contributed by atoms with Crippen LogP contribution in [0.25, 0.3) is 0 Å². The van der Waals surface area contributed by atoms with Gasteiger partial charge in [-0.05, 0) is 80.1 Å². The van der Waals surface area contributed by atoms with Gasteiger partial charge in [-0.1, -0.05) is 68.8 Å². The second-order valence-corrected chi connectivity index (χ2v) is 13.3. The third-order valence-electron chi connectivity index (χ3n) is 11.2. The lowest BCUT2D eigenvalue weighted by atomic mass is 9.47. The summed E-state index contributed by atoms with van der Waals surface area (Å²) in [6, 6.07) is 6.52. The lowest BCUT2D eigenvalue weighted by Gasteiger charge is -2.58. The molecule has 0 saturated heterocycles. The molecule has 4 aliphatic rings. The molecule has 1 aromatic rings. The van der Waals surface area contributed by atoms with Gasteiger partial charge in [0.2, 0.25) is 0 Å². The summed E-state index contributed by atoms with van der Waals surface area (Å²) in [6.07, 6.45) is 5.23. The number of carbonyl (C=O) groups is 2. The standard InChI is InChI=1S/C35H43F3O6/c1-22-10-9-13-28-32(22,3)18-16-23(2)33(28,4)19-17-24-14-15-27(42-21-24)26-20-29(39)43-30(26)44-31(40)34(41-5,35(36,37)38)25-11-7-6-8-12-25/h6-8,10-12,14,20,23,27-28,30H,9,13,15-19,21H2,1-5H3/t23-,27+,28-,30-,32-,33-,34+/m0/s1. The Morgan fingerprint density at radius 1 is 1.11 bits per heavy atom. The van der Waals surface area contributed by atoms with E-state index < -0.39 is 41.7 Å². The number of cyclic esters (lactones) is 1. The van der Waals surface area contributed by atoms with Crippen molar-refractivity contribution in [2.24, 2.45) is 22.7 Å². The number of fused-ring (bicyclic) bond motifs is 1. The predicted molar refractivity (Wildman–Crippen MR) is 158 cm³/mol. The molecule has 0 amide bonds. The summed E-state index contributed by atoms with van der Waals surface area (Å²) in [5.74, 6) is -1.31. The van der Waals surface area contributed by atoms with E-state index in [4.69, 9.17) is 18.9 Å². The summed E-state index contributed by atoms with van der Waals surface area (Å²) < 4.78 is 64.4. The van der Waals surface area contributed by atoms with Crippen molar-refractivity contribution in [3.05, 3.63) is 70.8 Å². The fourth-order valence-electron chi connectivity index (χ4n) is 8.09. The first kappa shape index (κ1) is 32.5. The minimum absolute atomic E-state index is 0.173. The fourth-order valence-corrected chi connectivity index (χ4v) is 8.09. The average Bonchev–Trinajstić information content (AvgIpc) is 3.35. The minimum atomic E-state index is -5.15. The van der Waals surface area contributed by atoms with E-state index >= 15 is 0 Å². The molecule has 6 nitrogen and oxygen atoms in total. The fraction of sp³-hybridized carbons (Fsp3) is 0.600. The molecule has 44 heavy (non-hydrogen) atoms. The molecule has 1 fully saturated rings. The highest BCUT2D eigenvalue weighted by molar-refractivity contribution is 5.87. The molecule has 1 saturated carbocycles. The van der Waals surface area contributed by atoms with E-state index in [1.807, 2.05) is 0 Å². The molecule has 0 aromatic heterocycles. The van der Waals surface area contributed by atoms with Crippen molar-refractivity contribution in [2.75, 3.05) is 13.7 Å². The lowest BCUT2D eigenvalue weighted by Crippen LogP contribution is -2.52. The molecular formula is C35H43F3O6. The van der Waals surface area contributed by atoms with Gasteiger partial charge >= 0.3 is 18.1 Å². The Balaban J connectivity index is 1.27. The number of benzene rings is 1. The second kappa shape index (κ2) is 12.1. The zero-order valence-corrected chi connectivity index (χ0v) is 26.2. The Bertz CT molecular complexity index is 1350. The van der Waals surface area contributed by atoms with Gasteiger partial charge in [-0.15, -0.1) is 0 Å². The molecule has 9 heteroatoms. The Labute approximate surface area is 257 Å². The Morgan fingerprint density at radius 2 is 1.84 bits per heavy atom. The van der Waals surface area contributed by atoms with Gasteiger partial charge in [0.05, 0.1) is 12.7 Å². The summed E-state index contributed by atoms with van der Waals surface area (Å²) in [5, 5.41) is 0. The third kappa shape index (κ3) is 5.55. The number of ether oxygens (including phenoxy) is 4. The molecule has 2 heterocycles. The van der Waals surface area contributed by atoms with Gasteiger partial charge in [0, 0.05) is 24.3 Å². The molecule has 5 rings (SSSR count). The summed E-state index contributed by atoms with van der Waals surface area (Å²) in [4.78, 5) is 25.4. The molecule has 7 atom stereocenters. The normalized spacial score (nSPS) is 33.7. The molecular weight excluding hydrogens is 573 g/mol. The van der Waals surface area contributed by atoms with Crippen LogP contribution in [0.3, 0.4) is 0 Å². The number of methoxy groups -OCH3 is 1. The van der Waals surface area contributed by atoms with Gasteiger partial charge in [-0.3, -0.25) is 0 Å². The molecule has 0 bridgehead atoms. The summed E-state index contributed by atoms with van der Waals surface area (Å²) in [7, 11) is 0.789. The Morgan fingerprint density at radius 3 is 2.48 bits per heavy atom. The van der Waals surface area contributed by atoms with Crippen molar-refractivity contribution >= 4 is 11.9 Å². The van der Waals surface area contributed by atoms with Crippen LogP contribution in [-0.4, -0.2) is 44.2 Å². The van der Waals surface area contributed by atoms with Gasteiger partial charge in [0.1, 0.15) is 0 Å². The van der Waals surface area contributed by atoms with Crippen LogP contribution in [0.5, 0.6) is 0 Å². The molecule has 0 N–H and O–H groups in total. The van der Waals surface area contributed by atoms with Gasteiger partial charge in [0.15, 0.2) is 0 Å². The van der Waals surface area contributed by atoms with Crippen LogP contribution in [0.15, 0.2) is 65.3 Å². The first-order valence-corrected chi connectivity index (χ1v) is 15.5. The van der Waals surface area contributed by atoms with E-state index in [0.717, 1.165) is 50.2 Å². The Hall–Kier alpha value is -2.91. The first-order valence-electron chi connectivity index (χ1n) is 15.5. The molecule has 2 aliphatic heterocycles. The molecule has 1 aromatic carbocycles. The minimum Gasteiger partial charge on any atom is -0.418 e. The monoisotopic (exact) mass is 616 g/mol. The van der Waals surface area contributed by atoms with Gasteiger partial charge in [-0.25, -0.2) is 9.59 Å². The molecule has 0 unspecified atom stereocenters. The van der Waals surface area contributed by atoms with Crippen molar-refractivity contribution in [2.45, 2.75) is 96.8 Å². The van der Waals surface area contributed by atoms with Crippen LogP contribution >= 0.6 is 0 Å². The highest BCUT2D eigenvalue weighted by atomic mass is 19.4. The number of halogens is 3. The van der Waals surface area contributed by atoms with E-state index in [2.05, 4.69) is 39.8 Å². The second-order valence-electron chi connectivity index (χ2n) is 13.3. The Kier molecular flexibility index (Phi) is 8.95. The van der Waals surface area contributed by atoms with E-state index in [9.17, 15) is 22.8 Å².